The molecule has 0 aromatic heterocycles. The van der Waals surface area contributed by atoms with E-state index >= 15 is 0 Å². The van der Waals surface area contributed by atoms with E-state index in [-0.39, 0.29) is 18.9 Å². The first-order chi connectivity index (χ1) is 4.97. The maximum atomic E-state index is 2.34. The van der Waals surface area contributed by atoms with E-state index in [9.17, 15) is 0 Å². The van der Waals surface area contributed by atoms with Gasteiger partial charge in [-0.3, -0.25) is 0 Å². The van der Waals surface area contributed by atoms with Crippen LogP contribution in [0.25, 0.3) is 0 Å². The summed E-state index contributed by atoms with van der Waals surface area (Å²) in [7, 11) is 0. The van der Waals surface area contributed by atoms with E-state index in [1.807, 2.05) is 0 Å². The minimum absolute atomic E-state index is 0. The average Bonchev–Trinajstić information content (AvgIpc) is 1.86. The second kappa shape index (κ2) is 4.00. The molecule has 1 heteroatoms. The molecule has 11 heavy (non-hydrogen) atoms. The summed E-state index contributed by atoms with van der Waals surface area (Å²) in [5.74, 6) is 0.834. The molecule has 52 valence electrons. The molecule has 0 aliphatic heterocycles. The minimum Gasteiger partial charge on any atom is -0.328 e. The standard InChI is InChI=1S/C10H11.Li/c1-2-5-9(6-3-1)10-7-4-8-10;/h1-6,10H,7-8H2;/q-1;+1. The number of hydrogen-bond donors (Lipinski definition) is 0. The molecular weight excluding hydrogens is 127 g/mol. The summed E-state index contributed by atoms with van der Waals surface area (Å²) in [6.07, 6.45) is 4.91. The molecule has 1 aromatic carbocycles. The van der Waals surface area contributed by atoms with E-state index in [2.05, 4.69) is 36.8 Å². The Hall–Kier alpha value is -0.183. The Bertz CT molecular complexity index is 201. The molecule has 1 aliphatic rings. The van der Waals surface area contributed by atoms with Crippen molar-refractivity contribution in [3.8, 4) is 0 Å². The van der Waals surface area contributed by atoms with Crippen molar-refractivity contribution in [3.05, 3.63) is 42.3 Å². The van der Waals surface area contributed by atoms with Gasteiger partial charge in [0, 0.05) is 0 Å². The maximum absolute atomic E-state index is 2.34. The summed E-state index contributed by atoms with van der Waals surface area (Å²) >= 11 is 0. The zero-order valence-electron chi connectivity index (χ0n) is 6.96. The average molecular weight is 138 g/mol. The molecule has 0 heterocycles. The third-order valence-electron chi connectivity index (χ3n) is 2.17. The summed E-state index contributed by atoms with van der Waals surface area (Å²) in [6, 6.07) is 10.8. The van der Waals surface area contributed by atoms with Crippen LogP contribution in [0.15, 0.2) is 30.3 Å². The molecule has 1 aromatic rings. The number of benzene rings is 1. The smallest absolute Gasteiger partial charge is 0.328 e. The van der Waals surface area contributed by atoms with Crippen LogP contribution in [0.4, 0.5) is 0 Å². The SMILES string of the molecule is [Li+].c1ccc(C2C[CH-]C2)cc1. The number of hydrogen-bond acceptors (Lipinski definition) is 0. The fourth-order valence-electron chi connectivity index (χ4n) is 1.33. The van der Waals surface area contributed by atoms with Gasteiger partial charge in [0.2, 0.25) is 0 Å². The van der Waals surface area contributed by atoms with Crippen molar-refractivity contribution >= 4 is 0 Å². The quantitative estimate of drug-likeness (QED) is 0.371. The van der Waals surface area contributed by atoms with Gasteiger partial charge in [0.15, 0.2) is 0 Å². The Morgan fingerprint density at radius 1 is 1.09 bits per heavy atom. The molecular formula is C10H11Li. The Morgan fingerprint density at radius 3 is 2.18 bits per heavy atom. The van der Waals surface area contributed by atoms with Crippen LogP contribution in [0.1, 0.15) is 24.3 Å². The maximum Gasteiger partial charge on any atom is 1.00 e. The van der Waals surface area contributed by atoms with E-state index in [0.717, 1.165) is 5.92 Å². The fourth-order valence-corrected chi connectivity index (χ4v) is 1.33. The van der Waals surface area contributed by atoms with Gasteiger partial charge < -0.3 is 6.42 Å². The predicted molar refractivity (Wildman–Crippen MR) is 42.7 cm³/mol. The monoisotopic (exact) mass is 138 g/mol. The van der Waals surface area contributed by atoms with Crippen LogP contribution in [0.3, 0.4) is 0 Å². The summed E-state index contributed by atoms with van der Waals surface area (Å²) in [6.45, 7) is 0. The third-order valence-corrected chi connectivity index (χ3v) is 2.17. The van der Waals surface area contributed by atoms with Gasteiger partial charge in [-0.1, -0.05) is 36.2 Å². The first-order valence-electron chi connectivity index (χ1n) is 3.83. The molecule has 0 atom stereocenters. The van der Waals surface area contributed by atoms with E-state index in [4.69, 9.17) is 0 Å². The molecule has 0 amide bonds. The van der Waals surface area contributed by atoms with E-state index in [1.54, 1.807) is 0 Å². The van der Waals surface area contributed by atoms with Crippen LogP contribution < -0.4 is 18.9 Å². The Morgan fingerprint density at radius 2 is 1.73 bits per heavy atom. The van der Waals surface area contributed by atoms with Gasteiger partial charge in [0.1, 0.15) is 0 Å². The minimum atomic E-state index is 0. The second-order valence-corrected chi connectivity index (χ2v) is 2.87. The van der Waals surface area contributed by atoms with Crippen molar-refractivity contribution in [2.45, 2.75) is 18.8 Å². The molecule has 1 aliphatic carbocycles. The van der Waals surface area contributed by atoms with Crippen molar-refractivity contribution < 1.29 is 18.9 Å². The van der Waals surface area contributed by atoms with Crippen molar-refractivity contribution in [3.63, 3.8) is 0 Å². The van der Waals surface area contributed by atoms with Gasteiger partial charge in [-0.05, 0) is 5.56 Å². The van der Waals surface area contributed by atoms with Gasteiger partial charge in [-0.2, -0.15) is 12.8 Å². The van der Waals surface area contributed by atoms with E-state index in [0.29, 0.717) is 0 Å². The molecule has 1 fully saturated rings. The molecule has 2 rings (SSSR count). The first-order valence-corrected chi connectivity index (χ1v) is 3.83. The second-order valence-electron chi connectivity index (χ2n) is 2.87. The zero-order valence-corrected chi connectivity index (χ0v) is 6.96. The van der Waals surface area contributed by atoms with Crippen molar-refractivity contribution in [2.24, 2.45) is 0 Å². The molecule has 0 radical (unpaired) electrons. The Labute approximate surface area is 80.2 Å². The summed E-state index contributed by atoms with van der Waals surface area (Å²) in [5, 5.41) is 0. The summed E-state index contributed by atoms with van der Waals surface area (Å²) in [5.41, 5.74) is 1.50. The van der Waals surface area contributed by atoms with Crippen LogP contribution in [0.2, 0.25) is 0 Å². The molecule has 0 nitrogen and oxygen atoms in total. The first kappa shape index (κ1) is 8.91. The zero-order chi connectivity index (χ0) is 6.81. The largest absolute Gasteiger partial charge is 1.00 e. The van der Waals surface area contributed by atoms with Gasteiger partial charge >= 0.3 is 18.9 Å². The molecule has 0 bridgehead atoms. The van der Waals surface area contributed by atoms with E-state index < -0.39 is 0 Å². The molecule has 1 saturated carbocycles. The van der Waals surface area contributed by atoms with Crippen LogP contribution in [0, 0.1) is 6.42 Å². The molecule has 0 saturated heterocycles. The van der Waals surface area contributed by atoms with Gasteiger partial charge in [-0.25, -0.2) is 0 Å². The van der Waals surface area contributed by atoms with Gasteiger partial charge in [-0.15, -0.1) is 0 Å². The van der Waals surface area contributed by atoms with Gasteiger partial charge in [0.05, 0.1) is 0 Å². The van der Waals surface area contributed by atoms with Crippen molar-refractivity contribution in [1.82, 2.24) is 0 Å². The Kier molecular flexibility index (Phi) is 3.24. The fraction of sp³-hybridized carbons (Fsp3) is 0.300. The van der Waals surface area contributed by atoms with Crippen LogP contribution >= 0.6 is 0 Å². The molecule has 0 spiro atoms. The summed E-state index contributed by atoms with van der Waals surface area (Å²) < 4.78 is 0. The molecule has 0 unspecified atom stereocenters. The van der Waals surface area contributed by atoms with Crippen LogP contribution in [-0.2, 0) is 0 Å². The van der Waals surface area contributed by atoms with Crippen molar-refractivity contribution in [1.29, 1.82) is 0 Å². The Balaban J connectivity index is 0.000000605. The van der Waals surface area contributed by atoms with Crippen LogP contribution in [0.5, 0.6) is 0 Å². The number of rotatable bonds is 1. The van der Waals surface area contributed by atoms with Gasteiger partial charge in [0.25, 0.3) is 0 Å². The van der Waals surface area contributed by atoms with Crippen molar-refractivity contribution in [2.75, 3.05) is 0 Å². The van der Waals surface area contributed by atoms with E-state index in [1.165, 1.54) is 18.4 Å². The van der Waals surface area contributed by atoms with Crippen LogP contribution in [-0.4, -0.2) is 0 Å². The predicted octanol–water partition coefficient (Wildman–Crippen LogP) is -0.228. The topological polar surface area (TPSA) is 0 Å². The summed E-state index contributed by atoms with van der Waals surface area (Å²) in [4.78, 5) is 0. The normalized spacial score (nSPS) is 16.7. The molecule has 0 N–H and O–H groups in total. The third kappa shape index (κ3) is 1.89.